The summed E-state index contributed by atoms with van der Waals surface area (Å²) in [6, 6.07) is 37.9. The SMILES string of the molecule is CC(C)C[C@@H](CO)NC(=O)c1cc(F)c2n[nH]c(-c3cccc(F)c3)c2c1.C[C@H](NC(=O)c1cc(F)c2n[nH]c(-c3cccc(F)c3)c2c1)C(N)=O.O=C(NC(CO)CO)c1cc(F)c2n[nH]c(-c3cccc(F)c3)c2c1.O=C(N[C@@H]1CCOC1=O)c1cc(F)c2n[nH]c(-c3cccc(F)c3)c2c1.O=C(N[C@H](CO)Cc1cnc[nH]1)c1cc(F)c2n[nH]c(-c3cccc(F)c3)c2c1. The number of ether oxygens (including phenoxy) is 1. The van der Waals surface area contributed by atoms with Crippen LogP contribution in [0.25, 0.3) is 111 Å². The summed E-state index contributed by atoms with van der Waals surface area (Å²) in [4.78, 5) is 91.3. The van der Waals surface area contributed by atoms with Crippen molar-refractivity contribution in [2.45, 2.75) is 70.2 Å². The summed E-state index contributed by atoms with van der Waals surface area (Å²) in [6.07, 6.45) is 4.41. The smallest absolute Gasteiger partial charge is 0.328 e. The molecule has 0 bridgehead atoms. The topological polar surface area (TPSA) is 468 Å². The van der Waals surface area contributed by atoms with E-state index in [1.54, 1.807) is 42.6 Å². The number of fused-ring (bicyclic) bond motifs is 5. The molecule has 0 aliphatic carbocycles. The highest BCUT2D eigenvalue weighted by molar-refractivity contribution is 6.07. The largest absolute Gasteiger partial charge is 0.464 e. The van der Waals surface area contributed by atoms with Crippen molar-refractivity contribution in [2.24, 2.45) is 11.7 Å². The van der Waals surface area contributed by atoms with Crippen LogP contribution in [-0.2, 0) is 20.7 Å². The molecule has 6 aromatic heterocycles. The predicted molar refractivity (Wildman–Crippen MR) is 464 cm³/mol. The third-order valence-electron chi connectivity index (χ3n) is 20.6. The van der Waals surface area contributed by atoms with Gasteiger partial charge in [-0.3, -0.25) is 54.3 Å². The maximum Gasteiger partial charge on any atom is 0.328 e. The van der Waals surface area contributed by atoms with Gasteiger partial charge in [0.25, 0.3) is 29.5 Å². The van der Waals surface area contributed by atoms with Crippen LogP contribution in [0.4, 0.5) is 43.9 Å². The van der Waals surface area contributed by atoms with Gasteiger partial charge in [0, 0.05) is 107 Å². The number of halogens is 10. The highest BCUT2D eigenvalue weighted by Crippen LogP contribution is 2.36. The van der Waals surface area contributed by atoms with Gasteiger partial charge in [0.1, 0.15) is 68.8 Å². The summed E-state index contributed by atoms with van der Waals surface area (Å²) < 4.78 is 144. The van der Waals surface area contributed by atoms with E-state index in [4.69, 9.17) is 20.7 Å². The molecule has 1 aliphatic heterocycles. The van der Waals surface area contributed by atoms with E-state index >= 15 is 0 Å². The number of cyclic esters (lactones) is 1. The first-order valence-corrected chi connectivity index (χ1v) is 40.4. The minimum Gasteiger partial charge on any atom is -0.464 e. The first-order valence-electron chi connectivity index (χ1n) is 40.4. The summed E-state index contributed by atoms with van der Waals surface area (Å²) >= 11 is 0. The average Bonchev–Trinajstić information content (AvgIpc) is 1.64. The van der Waals surface area contributed by atoms with Crippen molar-refractivity contribution in [3.63, 3.8) is 0 Å². The molecule has 1 aliphatic rings. The van der Waals surface area contributed by atoms with Gasteiger partial charge in [-0.2, -0.15) is 25.5 Å². The van der Waals surface area contributed by atoms with Gasteiger partial charge in [-0.05, 0) is 141 Å². The van der Waals surface area contributed by atoms with Crippen molar-refractivity contribution in [3.05, 3.63) is 286 Å². The monoisotopic (exact) mass is 1820 g/mol. The summed E-state index contributed by atoms with van der Waals surface area (Å²) in [5, 5.41) is 84.5. The molecule has 16 aromatic rings. The molecule has 40 heteroatoms. The number of aliphatic hydroxyl groups is 4. The number of carbonyl (C=O) groups excluding carboxylic acids is 7. The Morgan fingerprint density at radius 2 is 0.705 bits per heavy atom. The third-order valence-corrected chi connectivity index (χ3v) is 20.6. The van der Waals surface area contributed by atoms with Gasteiger partial charge < -0.3 is 62.5 Å². The van der Waals surface area contributed by atoms with Crippen molar-refractivity contribution >= 4 is 95.9 Å². The molecule has 1 fully saturated rings. The Labute approximate surface area is 740 Å². The third kappa shape index (κ3) is 22.3. The zero-order valence-electron chi connectivity index (χ0n) is 69.7. The van der Waals surface area contributed by atoms with Crippen molar-refractivity contribution in [1.82, 2.24) is 87.5 Å². The number of esters is 1. The fourth-order valence-corrected chi connectivity index (χ4v) is 14.1. The number of hydrogen-bond donors (Lipinski definition) is 16. The zero-order valence-corrected chi connectivity index (χ0v) is 69.7. The first kappa shape index (κ1) is 93.8. The number of aromatic nitrogens is 12. The summed E-state index contributed by atoms with van der Waals surface area (Å²) in [5.41, 5.74) is 10.7. The molecule has 7 heterocycles. The van der Waals surface area contributed by atoms with Gasteiger partial charge in [0.15, 0.2) is 29.1 Å². The average molecular weight is 1820 g/mol. The fraction of sp³-hybridized carbons (Fsp3) is 0.185. The second-order valence-electron chi connectivity index (χ2n) is 30.5. The molecule has 6 amide bonds. The molecule has 10 aromatic carbocycles. The van der Waals surface area contributed by atoms with Gasteiger partial charge in [-0.1, -0.05) is 74.5 Å². The molecule has 0 radical (unpaired) electrons. The van der Waals surface area contributed by atoms with E-state index in [2.05, 4.69) is 87.5 Å². The molecular formula is C92H80F10N18O12. The molecule has 0 saturated carbocycles. The standard InChI is InChI=1S/C20H17F2N5O2.C20H21F2N3O2.C18H13F2N3O3.C17H14F2N4O2.C17H15F2N3O3/c21-13-3-1-2-11(4-13)18-16-5-12(6-17(22)19(16)27-26-18)20(29)25-15(9-28)7-14-8-23-10-24-14;1-11(2)6-15(10-26)23-20(27)13-8-16-18(12-4-3-5-14(21)7-12)24-25-19(16)17(22)9-13;19-11-3-1-2-9(6-11)15-12-7-10(8-13(20)16(12)23-22-15)17(24)21-14-4-5-26-18(14)25;1-8(16(20)24)21-17(25)10-6-12-14(9-3-2-4-11(18)5-9)22-23-15(12)13(19)7-10;18-11-3-1-2-9(4-11)15-13-5-10(6-14(19)16(13)22-21-15)17(25)20-12(7-23)8-24/h1-6,8,10,15,28H,7,9H2,(H,23,24)(H,25,29)(H,26,27);3-5,7-9,11,15,26H,6,10H2,1-2H3,(H,23,27)(H,24,25);1-3,6-8,14H,4-5H2,(H,21,24)(H,22,23);2-8H,1H3,(H2,20,24)(H,21,25)(H,22,23);1-6,12,23-24H,7-8H2,(H,20,25)(H,21,22)/t2*15-;14-;8-;/m0010./s1. The lowest BCUT2D eigenvalue weighted by Crippen LogP contribution is -2.42. The van der Waals surface area contributed by atoms with E-state index in [1.165, 1.54) is 129 Å². The lowest BCUT2D eigenvalue weighted by molar-refractivity contribution is -0.139. The van der Waals surface area contributed by atoms with Gasteiger partial charge >= 0.3 is 5.97 Å². The van der Waals surface area contributed by atoms with Gasteiger partial charge in [0.2, 0.25) is 5.91 Å². The number of rotatable bonds is 24. The molecule has 17 N–H and O–H groups in total. The van der Waals surface area contributed by atoms with Crippen molar-refractivity contribution in [3.8, 4) is 56.3 Å². The Bertz CT molecular complexity index is 6960. The Morgan fingerprint density at radius 3 is 0.970 bits per heavy atom. The second kappa shape index (κ2) is 42.0. The highest BCUT2D eigenvalue weighted by atomic mass is 19.2. The summed E-state index contributed by atoms with van der Waals surface area (Å²) in [6.45, 7) is 4.23. The second-order valence-corrected chi connectivity index (χ2v) is 30.5. The van der Waals surface area contributed by atoms with E-state index < -0.39 is 143 Å². The molecule has 17 rings (SSSR count). The number of nitrogens with zero attached hydrogens (tertiary/aromatic N) is 6. The zero-order chi connectivity index (χ0) is 94.3. The first-order chi connectivity index (χ1) is 63.3. The molecule has 680 valence electrons. The summed E-state index contributed by atoms with van der Waals surface area (Å²) in [5.74, 6) is -9.54. The van der Waals surface area contributed by atoms with Crippen LogP contribution in [0.5, 0.6) is 0 Å². The molecule has 0 unspecified atom stereocenters. The number of benzene rings is 10. The van der Waals surface area contributed by atoms with E-state index in [0.29, 0.717) is 102 Å². The van der Waals surface area contributed by atoms with E-state index in [1.807, 2.05) is 13.8 Å². The van der Waals surface area contributed by atoms with E-state index in [0.717, 1.165) is 36.0 Å². The Hall–Kier alpha value is -15.8. The number of carbonyl (C=O) groups is 7. The van der Waals surface area contributed by atoms with Gasteiger partial charge in [0.05, 0.1) is 86.0 Å². The van der Waals surface area contributed by atoms with E-state index in [-0.39, 0.29) is 81.1 Å². The van der Waals surface area contributed by atoms with Gasteiger partial charge in [-0.25, -0.2) is 53.7 Å². The normalized spacial score (nSPS) is 13.0. The van der Waals surface area contributed by atoms with Crippen LogP contribution in [0.3, 0.4) is 0 Å². The van der Waals surface area contributed by atoms with Crippen molar-refractivity contribution in [1.29, 1.82) is 0 Å². The molecule has 0 spiro atoms. The predicted octanol–water partition coefficient (Wildman–Crippen LogP) is 12.5. The minimum absolute atomic E-state index is 0.00264. The van der Waals surface area contributed by atoms with Crippen LogP contribution in [0.2, 0.25) is 0 Å². The number of H-pyrrole nitrogens is 6. The van der Waals surface area contributed by atoms with Crippen LogP contribution in [0, 0.1) is 64.1 Å². The number of nitrogens with two attached hydrogens (primary N) is 1. The van der Waals surface area contributed by atoms with Crippen LogP contribution in [0.15, 0.2) is 195 Å². The Morgan fingerprint density at radius 1 is 0.409 bits per heavy atom. The maximum atomic E-state index is 14.5. The quantitative estimate of drug-likeness (QED) is 0.0197. The number of nitrogens with one attached hydrogen (secondary N) is 11. The number of imidazole rings is 1. The van der Waals surface area contributed by atoms with Crippen LogP contribution < -0.4 is 32.3 Å². The lowest BCUT2D eigenvalue weighted by Gasteiger charge is -2.18. The lowest BCUT2D eigenvalue weighted by atomic mass is 10.0. The number of primary amides is 1. The maximum absolute atomic E-state index is 14.5. The fourth-order valence-electron chi connectivity index (χ4n) is 14.1. The van der Waals surface area contributed by atoms with Crippen molar-refractivity contribution in [2.75, 3.05) is 33.0 Å². The van der Waals surface area contributed by atoms with E-state index in [9.17, 15) is 87.7 Å². The Balaban J connectivity index is 0.000000140. The number of hydrogen-bond acceptors (Lipinski definition) is 18. The molecule has 132 heavy (non-hydrogen) atoms. The number of aromatic amines is 6. The van der Waals surface area contributed by atoms with Crippen LogP contribution in [-0.4, -0.2) is 186 Å². The molecule has 4 atom stereocenters. The minimum atomic E-state index is -0.904. The number of amides is 6. The molecule has 30 nitrogen and oxygen atoms in total. The molecule has 1 saturated heterocycles. The van der Waals surface area contributed by atoms with Crippen LogP contribution in [0.1, 0.15) is 91.1 Å². The molecular weight excluding hydrogens is 1740 g/mol. The van der Waals surface area contributed by atoms with Gasteiger partial charge in [-0.15, -0.1) is 0 Å². The van der Waals surface area contributed by atoms with Crippen molar-refractivity contribution < 1.29 is 103 Å². The Kier molecular flexibility index (Phi) is 29.8. The highest BCUT2D eigenvalue weighted by Gasteiger charge is 2.31. The van der Waals surface area contributed by atoms with Crippen LogP contribution >= 0.6 is 0 Å². The number of aliphatic hydroxyl groups excluding tert-OH is 4. The summed E-state index contributed by atoms with van der Waals surface area (Å²) in [7, 11) is 0.